The molecule has 0 aliphatic rings. The summed E-state index contributed by atoms with van der Waals surface area (Å²) < 4.78 is 0. The number of halogens is 1. The number of H-pyrrole nitrogens is 1. The van der Waals surface area contributed by atoms with Crippen LogP contribution in [-0.4, -0.2) is 39.3 Å². The van der Waals surface area contributed by atoms with Gasteiger partial charge in [0, 0.05) is 19.7 Å². The molecule has 0 radical (unpaired) electrons. The Bertz CT molecular complexity index is 595. The molecular formula is C15H18ClN3O2. The quantitative estimate of drug-likeness (QED) is 0.861. The Labute approximate surface area is 128 Å². The van der Waals surface area contributed by atoms with Crippen LogP contribution in [0, 0.1) is 6.92 Å². The summed E-state index contributed by atoms with van der Waals surface area (Å²) >= 11 is 5.95. The van der Waals surface area contributed by atoms with Gasteiger partial charge in [0.15, 0.2) is 0 Å². The number of benzene rings is 1. The van der Waals surface area contributed by atoms with Crippen molar-refractivity contribution in [3.8, 4) is 0 Å². The fourth-order valence-corrected chi connectivity index (χ4v) is 2.18. The number of hydrogen-bond donors (Lipinski definition) is 2. The molecule has 2 N–H and O–H groups in total. The molecule has 1 aromatic carbocycles. The summed E-state index contributed by atoms with van der Waals surface area (Å²) in [5, 5.41) is 15.7. The average molecular weight is 308 g/mol. The van der Waals surface area contributed by atoms with Crippen molar-refractivity contribution in [3.63, 3.8) is 0 Å². The van der Waals surface area contributed by atoms with E-state index in [4.69, 9.17) is 16.7 Å². The molecule has 0 aliphatic carbocycles. The molecule has 0 aliphatic heterocycles. The maximum atomic E-state index is 12.5. The summed E-state index contributed by atoms with van der Waals surface area (Å²) in [6.45, 7) is 2.98. The third kappa shape index (κ3) is 4.06. The van der Waals surface area contributed by atoms with Crippen LogP contribution in [-0.2, 0) is 6.54 Å². The maximum Gasteiger partial charge on any atom is 0.273 e. The predicted octanol–water partition coefficient (Wildman–Crippen LogP) is 2.40. The largest absolute Gasteiger partial charge is 0.396 e. The van der Waals surface area contributed by atoms with Crippen LogP contribution in [0.5, 0.6) is 0 Å². The molecule has 0 saturated heterocycles. The molecule has 2 rings (SSSR count). The first kappa shape index (κ1) is 15.5. The van der Waals surface area contributed by atoms with Crippen LogP contribution >= 0.6 is 11.6 Å². The van der Waals surface area contributed by atoms with Gasteiger partial charge in [-0.05, 0) is 18.9 Å². The normalized spacial score (nSPS) is 10.6. The van der Waals surface area contributed by atoms with Crippen LogP contribution < -0.4 is 0 Å². The first-order valence-corrected chi connectivity index (χ1v) is 7.14. The Kier molecular flexibility index (Phi) is 5.36. The standard InChI is InChI=1S/C15H18ClN3O2/c1-11-3-5-12(6-4-11)10-19(7-2-8-20)15(21)14-13(16)9-17-18-14/h3-6,9,20H,2,7-8,10H2,1H3,(H,17,18). The smallest absolute Gasteiger partial charge is 0.273 e. The minimum atomic E-state index is -0.216. The molecular weight excluding hydrogens is 290 g/mol. The summed E-state index contributed by atoms with van der Waals surface area (Å²) in [5.41, 5.74) is 2.48. The van der Waals surface area contributed by atoms with E-state index in [0.29, 0.717) is 24.5 Å². The first-order valence-electron chi connectivity index (χ1n) is 6.76. The molecule has 0 spiro atoms. The van der Waals surface area contributed by atoms with Crippen molar-refractivity contribution in [3.05, 3.63) is 52.3 Å². The number of aryl methyl sites for hydroxylation is 1. The van der Waals surface area contributed by atoms with Crippen LogP contribution in [0.4, 0.5) is 0 Å². The molecule has 0 saturated carbocycles. The van der Waals surface area contributed by atoms with Crippen molar-refractivity contribution in [2.45, 2.75) is 19.9 Å². The van der Waals surface area contributed by atoms with Crippen molar-refractivity contribution in [2.75, 3.05) is 13.2 Å². The van der Waals surface area contributed by atoms with Gasteiger partial charge < -0.3 is 10.0 Å². The molecule has 21 heavy (non-hydrogen) atoms. The van der Waals surface area contributed by atoms with Gasteiger partial charge in [-0.2, -0.15) is 5.10 Å². The Morgan fingerprint density at radius 3 is 2.67 bits per heavy atom. The summed E-state index contributed by atoms with van der Waals surface area (Å²) in [4.78, 5) is 14.1. The van der Waals surface area contributed by atoms with E-state index in [1.54, 1.807) is 4.90 Å². The lowest BCUT2D eigenvalue weighted by Gasteiger charge is -2.22. The van der Waals surface area contributed by atoms with Gasteiger partial charge in [-0.1, -0.05) is 41.4 Å². The molecule has 5 nitrogen and oxygen atoms in total. The molecule has 2 aromatic rings. The number of aromatic amines is 1. The number of amides is 1. The van der Waals surface area contributed by atoms with Crippen molar-refractivity contribution >= 4 is 17.5 Å². The number of hydrogen-bond acceptors (Lipinski definition) is 3. The number of aliphatic hydroxyl groups is 1. The van der Waals surface area contributed by atoms with E-state index in [9.17, 15) is 4.79 Å². The molecule has 1 heterocycles. The third-order valence-electron chi connectivity index (χ3n) is 3.17. The van der Waals surface area contributed by atoms with Gasteiger partial charge in [0.2, 0.25) is 0 Å². The summed E-state index contributed by atoms with van der Waals surface area (Å²) in [6, 6.07) is 7.99. The average Bonchev–Trinajstić information content (AvgIpc) is 2.91. The monoisotopic (exact) mass is 307 g/mol. The maximum absolute atomic E-state index is 12.5. The lowest BCUT2D eigenvalue weighted by Crippen LogP contribution is -2.32. The van der Waals surface area contributed by atoms with Gasteiger partial charge in [0.25, 0.3) is 5.91 Å². The second-order valence-electron chi connectivity index (χ2n) is 4.88. The van der Waals surface area contributed by atoms with Gasteiger partial charge in [-0.25, -0.2) is 0 Å². The Balaban J connectivity index is 2.15. The molecule has 1 amide bonds. The molecule has 6 heteroatoms. The zero-order valence-electron chi connectivity index (χ0n) is 11.8. The number of aromatic nitrogens is 2. The van der Waals surface area contributed by atoms with E-state index in [2.05, 4.69) is 10.2 Å². The Hall–Kier alpha value is -1.85. The van der Waals surface area contributed by atoms with Crippen LogP contribution in [0.3, 0.4) is 0 Å². The molecule has 112 valence electrons. The van der Waals surface area contributed by atoms with Gasteiger partial charge in [0.1, 0.15) is 5.69 Å². The van der Waals surface area contributed by atoms with Crippen molar-refractivity contribution in [2.24, 2.45) is 0 Å². The number of rotatable bonds is 6. The van der Waals surface area contributed by atoms with Crippen molar-refractivity contribution in [1.82, 2.24) is 15.1 Å². The van der Waals surface area contributed by atoms with Crippen LogP contribution in [0.25, 0.3) is 0 Å². The lowest BCUT2D eigenvalue weighted by molar-refractivity contribution is 0.0726. The third-order valence-corrected chi connectivity index (χ3v) is 3.46. The van der Waals surface area contributed by atoms with E-state index in [-0.39, 0.29) is 18.2 Å². The van der Waals surface area contributed by atoms with E-state index >= 15 is 0 Å². The number of carbonyl (C=O) groups excluding carboxylic acids is 1. The van der Waals surface area contributed by atoms with E-state index in [0.717, 1.165) is 5.56 Å². The second kappa shape index (κ2) is 7.24. The Morgan fingerprint density at radius 1 is 1.38 bits per heavy atom. The minimum Gasteiger partial charge on any atom is -0.396 e. The highest BCUT2D eigenvalue weighted by molar-refractivity contribution is 6.33. The van der Waals surface area contributed by atoms with Crippen LogP contribution in [0.2, 0.25) is 5.02 Å². The fourth-order valence-electron chi connectivity index (χ4n) is 2.01. The van der Waals surface area contributed by atoms with E-state index in [1.165, 1.54) is 11.8 Å². The van der Waals surface area contributed by atoms with Gasteiger partial charge in [-0.15, -0.1) is 0 Å². The molecule has 1 aromatic heterocycles. The second-order valence-corrected chi connectivity index (χ2v) is 5.29. The first-order chi connectivity index (χ1) is 10.1. The highest BCUT2D eigenvalue weighted by Crippen LogP contribution is 2.16. The van der Waals surface area contributed by atoms with E-state index < -0.39 is 0 Å². The van der Waals surface area contributed by atoms with Gasteiger partial charge in [-0.3, -0.25) is 9.89 Å². The number of nitrogens with zero attached hydrogens (tertiary/aromatic N) is 2. The lowest BCUT2D eigenvalue weighted by atomic mass is 10.1. The zero-order chi connectivity index (χ0) is 15.2. The number of nitrogens with one attached hydrogen (secondary N) is 1. The van der Waals surface area contributed by atoms with Crippen LogP contribution in [0.1, 0.15) is 28.0 Å². The van der Waals surface area contributed by atoms with Crippen molar-refractivity contribution < 1.29 is 9.90 Å². The summed E-state index contributed by atoms with van der Waals surface area (Å²) in [5.74, 6) is -0.216. The summed E-state index contributed by atoms with van der Waals surface area (Å²) in [7, 11) is 0. The highest BCUT2D eigenvalue weighted by Gasteiger charge is 2.20. The predicted molar refractivity (Wildman–Crippen MR) is 81.2 cm³/mol. The highest BCUT2D eigenvalue weighted by atomic mass is 35.5. The van der Waals surface area contributed by atoms with Gasteiger partial charge in [0.05, 0.1) is 11.2 Å². The van der Waals surface area contributed by atoms with E-state index in [1.807, 2.05) is 31.2 Å². The minimum absolute atomic E-state index is 0.0361. The Morgan fingerprint density at radius 2 is 2.10 bits per heavy atom. The fraction of sp³-hybridized carbons (Fsp3) is 0.333. The molecule has 0 bridgehead atoms. The van der Waals surface area contributed by atoms with Crippen LogP contribution in [0.15, 0.2) is 30.5 Å². The topological polar surface area (TPSA) is 69.2 Å². The SMILES string of the molecule is Cc1ccc(CN(CCCO)C(=O)c2[nH]ncc2Cl)cc1. The number of carbonyl (C=O) groups is 1. The number of aliphatic hydroxyl groups excluding tert-OH is 1. The summed E-state index contributed by atoms with van der Waals surface area (Å²) in [6.07, 6.45) is 1.92. The molecule has 0 atom stereocenters. The zero-order valence-corrected chi connectivity index (χ0v) is 12.6. The molecule has 0 fully saturated rings. The van der Waals surface area contributed by atoms with Gasteiger partial charge >= 0.3 is 0 Å². The van der Waals surface area contributed by atoms with Crippen molar-refractivity contribution in [1.29, 1.82) is 0 Å². The molecule has 0 unspecified atom stereocenters.